The first-order chi connectivity index (χ1) is 5.13. The van der Waals surface area contributed by atoms with Gasteiger partial charge in [0.1, 0.15) is 0 Å². The van der Waals surface area contributed by atoms with Crippen molar-refractivity contribution in [2.24, 2.45) is 0 Å². The molecule has 11 heavy (non-hydrogen) atoms. The van der Waals surface area contributed by atoms with E-state index in [1.807, 2.05) is 0 Å². The fourth-order valence-corrected chi connectivity index (χ4v) is 4.31. The molecule has 1 heterocycles. The third-order valence-electron chi connectivity index (χ3n) is 3.04. The average Bonchev–Trinajstić information content (AvgIpc) is 2.00. The molecule has 1 unspecified atom stereocenters. The van der Waals surface area contributed by atoms with Crippen LogP contribution in [-0.2, 0) is 31.0 Å². The second-order valence-corrected chi connectivity index (χ2v) is 9.60. The van der Waals surface area contributed by atoms with Gasteiger partial charge in [-0.3, -0.25) is 0 Å². The minimum atomic E-state index is -0.694. The molecule has 0 aromatic carbocycles. The van der Waals surface area contributed by atoms with Gasteiger partial charge in [0, 0.05) is 0 Å². The third-order valence-corrected chi connectivity index (χ3v) is 7.64. The van der Waals surface area contributed by atoms with Gasteiger partial charge in [-0.1, -0.05) is 45.3 Å². The van der Waals surface area contributed by atoms with Crippen LogP contribution >= 0.6 is 0 Å². The zero-order valence-corrected chi connectivity index (χ0v) is 12.3. The van der Waals surface area contributed by atoms with Crippen LogP contribution in [-0.4, -0.2) is 8.07 Å². The summed E-state index contributed by atoms with van der Waals surface area (Å²) in [5.41, 5.74) is 1.09. The molecule has 1 aliphatic rings. The molecule has 64 valence electrons. The molecule has 0 spiro atoms. The van der Waals surface area contributed by atoms with Crippen LogP contribution in [0.25, 0.3) is 0 Å². The Bertz CT molecular complexity index is 102. The Morgan fingerprint density at radius 1 is 1.18 bits per heavy atom. The molecule has 0 saturated carbocycles. The van der Waals surface area contributed by atoms with Gasteiger partial charge in [0.05, 0.1) is 8.07 Å². The summed E-state index contributed by atoms with van der Waals surface area (Å²) in [6, 6.07) is 1.58. The number of hydrogen-bond donors (Lipinski definition) is 0. The topological polar surface area (TPSA) is 0 Å². The van der Waals surface area contributed by atoms with Crippen molar-refractivity contribution in [1.82, 2.24) is 0 Å². The van der Waals surface area contributed by atoms with Gasteiger partial charge in [-0.2, -0.15) is 0 Å². The quantitative estimate of drug-likeness (QED) is 0.569. The molecule has 1 rings (SSSR count). The molecule has 1 atom stereocenters. The third kappa shape index (κ3) is 4.19. The second-order valence-electron chi connectivity index (χ2n) is 4.14. The van der Waals surface area contributed by atoms with E-state index in [1.165, 1.54) is 50.2 Å². The SMILES string of the molecule is CC1CCCC[Si]1(C)C.[CH3][Y]. The summed E-state index contributed by atoms with van der Waals surface area (Å²) in [5, 5.41) is 0. The standard InChI is InChI=1S/C8H18Si.CH3.Y/c1-8-6-4-5-7-9(8,2)3;;/h8H,4-7H2,1-3H3;1H3;. The van der Waals surface area contributed by atoms with Crippen LogP contribution in [0.15, 0.2) is 0 Å². The molecular weight excluding hydrogens is 225 g/mol. The molecule has 0 amide bonds. The van der Waals surface area contributed by atoms with Gasteiger partial charge < -0.3 is 0 Å². The predicted octanol–water partition coefficient (Wildman–Crippen LogP) is 3.85. The zero-order valence-electron chi connectivity index (χ0n) is 8.48. The van der Waals surface area contributed by atoms with Crippen molar-refractivity contribution in [2.75, 3.05) is 0 Å². The van der Waals surface area contributed by atoms with Crippen molar-refractivity contribution in [3.63, 3.8) is 0 Å². The van der Waals surface area contributed by atoms with Crippen LogP contribution < -0.4 is 0 Å². The minimum absolute atomic E-state index is 0.694. The van der Waals surface area contributed by atoms with E-state index < -0.39 is 8.07 Å². The molecule has 1 fully saturated rings. The molecule has 0 nitrogen and oxygen atoms in total. The summed E-state index contributed by atoms with van der Waals surface area (Å²) in [5.74, 6) is 0. The van der Waals surface area contributed by atoms with Gasteiger partial charge in [-0.25, -0.2) is 0 Å². The predicted molar refractivity (Wildman–Crippen MR) is 51.4 cm³/mol. The monoisotopic (exact) mass is 246 g/mol. The van der Waals surface area contributed by atoms with E-state index >= 15 is 0 Å². The van der Waals surface area contributed by atoms with E-state index in [2.05, 4.69) is 23.8 Å². The summed E-state index contributed by atoms with van der Waals surface area (Å²) in [6.45, 7) is 7.53. The van der Waals surface area contributed by atoms with E-state index in [0.29, 0.717) is 0 Å². The van der Waals surface area contributed by atoms with Crippen molar-refractivity contribution >= 4 is 8.07 Å². The van der Waals surface area contributed by atoms with E-state index in [0.717, 1.165) is 5.54 Å². The first-order valence-corrected chi connectivity index (χ1v) is 10.8. The normalized spacial score (nSPS) is 28.5. The molecule has 0 aliphatic carbocycles. The van der Waals surface area contributed by atoms with Crippen molar-refractivity contribution in [3.05, 3.63) is 0 Å². The average molecular weight is 246 g/mol. The molecule has 0 aromatic heterocycles. The first kappa shape index (κ1) is 12.3. The van der Waals surface area contributed by atoms with Gasteiger partial charge in [0.25, 0.3) is 0 Å². The molecule has 0 aromatic rings. The van der Waals surface area contributed by atoms with Crippen LogP contribution in [0.4, 0.5) is 0 Å². The Morgan fingerprint density at radius 2 is 1.73 bits per heavy atom. The maximum absolute atomic E-state index is 2.54. The van der Waals surface area contributed by atoms with Crippen LogP contribution in [0.1, 0.15) is 26.2 Å². The first-order valence-electron chi connectivity index (χ1n) is 4.71. The zero-order chi connectivity index (χ0) is 8.91. The van der Waals surface area contributed by atoms with Crippen LogP contribution in [0.2, 0.25) is 28.4 Å². The summed E-state index contributed by atoms with van der Waals surface area (Å²) in [7, 11) is -0.694. The van der Waals surface area contributed by atoms with Crippen molar-refractivity contribution in [3.8, 4) is 0 Å². The molecular formula is C9H21SiY. The fourth-order valence-electron chi connectivity index (χ4n) is 1.67. The molecule has 0 bridgehead atoms. The Hall–Kier alpha value is 1.32. The maximum atomic E-state index is 2.54. The van der Waals surface area contributed by atoms with Crippen LogP contribution in [0, 0.1) is 0 Å². The Labute approximate surface area is 93.0 Å². The fraction of sp³-hybridized carbons (Fsp3) is 1.00. The van der Waals surface area contributed by atoms with E-state index in [4.69, 9.17) is 0 Å². The summed E-state index contributed by atoms with van der Waals surface area (Å²) in [4.78, 5) is 0. The van der Waals surface area contributed by atoms with Crippen molar-refractivity contribution in [1.29, 1.82) is 0 Å². The molecule has 0 radical (unpaired) electrons. The van der Waals surface area contributed by atoms with Gasteiger partial charge in [-0.15, -0.1) is 0 Å². The van der Waals surface area contributed by atoms with Gasteiger partial charge in [0.15, 0.2) is 0 Å². The Kier molecular flexibility index (Phi) is 6.59. The van der Waals surface area contributed by atoms with Gasteiger partial charge in [0.2, 0.25) is 0 Å². The van der Waals surface area contributed by atoms with Gasteiger partial charge in [-0.05, 0) is 5.54 Å². The summed E-state index contributed by atoms with van der Waals surface area (Å²) >= 11 is 1.35. The van der Waals surface area contributed by atoms with E-state index in [9.17, 15) is 0 Å². The van der Waals surface area contributed by atoms with Crippen LogP contribution in [0.5, 0.6) is 0 Å². The molecule has 0 N–H and O–H groups in total. The Morgan fingerprint density at radius 3 is 2.00 bits per heavy atom. The molecule has 1 saturated heterocycles. The van der Waals surface area contributed by atoms with Crippen molar-refractivity contribution in [2.45, 2.75) is 54.6 Å². The number of hydrogen-bond acceptors (Lipinski definition) is 0. The van der Waals surface area contributed by atoms with Crippen LogP contribution in [0.3, 0.4) is 0 Å². The molecule has 2 heteroatoms. The Balaban J connectivity index is 0.000000461. The van der Waals surface area contributed by atoms with Crippen molar-refractivity contribution < 1.29 is 31.0 Å². The molecule has 1 aliphatic heterocycles. The summed E-state index contributed by atoms with van der Waals surface area (Å²) in [6.07, 6.45) is 4.53. The van der Waals surface area contributed by atoms with Gasteiger partial charge >= 0.3 is 34.7 Å². The van der Waals surface area contributed by atoms with E-state index in [1.54, 1.807) is 6.04 Å². The summed E-state index contributed by atoms with van der Waals surface area (Å²) < 4.78 is 2.13. The second kappa shape index (κ2) is 5.88. The van der Waals surface area contributed by atoms with E-state index in [-0.39, 0.29) is 0 Å². The number of rotatable bonds is 0.